The van der Waals surface area contributed by atoms with Gasteiger partial charge in [0.25, 0.3) is 0 Å². The number of nitrogens with zero attached hydrogens (tertiary/aromatic N) is 2. The SMILES string of the molecule is CCN1C(=O)C2CNNC2C2CCC(c3ccncc3F)CC21. The van der Waals surface area contributed by atoms with Gasteiger partial charge in [0, 0.05) is 31.4 Å². The second-order valence-electron chi connectivity index (χ2n) is 6.92. The van der Waals surface area contributed by atoms with Gasteiger partial charge in [-0.1, -0.05) is 0 Å². The van der Waals surface area contributed by atoms with Crippen LogP contribution < -0.4 is 10.9 Å². The van der Waals surface area contributed by atoms with Crippen LogP contribution in [0.15, 0.2) is 18.5 Å². The molecule has 1 saturated carbocycles. The molecule has 124 valence electrons. The zero-order chi connectivity index (χ0) is 16.0. The Kier molecular flexibility index (Phi) is 3.81. The number of nitrogens with one attached hydrogen (secondary N) is 2. The van der Waals surface area contributed by atoms with E-state index in [9.17, 15) is 9.18 Å². The number of aromatic nitrogens is 1. The van der Waals surface area contributed by atoms with Crippen molar-refractivity contribution < 1.29 is 9.18 Å². The van der Waals surface area contributed by atoms with Crippen molar-refractivity contribution in [1.82, 2.24) is 20.7 Å². The predicted octanol–water partition coefficient (Wildman–Crippen LogP) is 1.43. The molecule has 0 radical (unpaired) electrons. The van der Waals surface area contributed by atoms with Gasteiger partial charge in [0.2, 0.25) is 5.91 Å². The van der Waals surface area contributed by atoms with Crippen LogP contribution in [0.2, 0.25) is 0 Å². The van der Waals surface area contributed by atoms with Crippen LogP contribution in [0.25, 0.3) is 0 Å². The van der Waals surface area contributed by atoms with E-state index < -0.39 is 0 Å². The predicted molar refractivity (Wildman–Crippen MR) is 83.9 cm³/mol. The summed E-state index contributed by atoms with van der Waals surface area (Å²) in [5, 5.41) is 0. The van der Waals surface area contributed by atoms with Crippen LogP contribution in [0.3, 0.4) is 0 Å². The summed E-state index contributed by atoms with van der Waals surface area (Å²) in [7, 11) is 0. The number of rotatable bonds is 2. The fourth-order valence-corrected chi connectivity index (χ4v) is 4.87. The standard InChI is InChI=1S/C17H23FN4O/c1-2-22-15-7-10(11-5-6-19-9-14(11)18)3-4-12(15)16-13(17(22)23)8-20-21-16/h5-6,9-10,12-13,15-16,20-21H,2-4,7-8H2,1H3. The molecule has 0 spiro atoms. The van der Waals surface area contributed by atoms with Crippen molar-refractivity contribution >= 4 is 5.91 Å². The van der Waals surface area contributed by atoms with Gasteiger partial charge in [-0.15, -0.1) is 0 Å². The van der Waals surface area contributed by atoms with E-state index in [1.807, 2.05) is 11.8 Å². The largest absolute Gasteiger partial charge is 0.339 e. The number of piperidine rings is 1. The van der Waals surface area contributed by atoms with E-state index in [1.54, 1.807) is 12.3 Å². The lowest BCUT2D eigenvalue weighted by Crippen LogP contribution is -2.61. The van der Waals surface area contributed by atoms with Crippen molar-refractivity contribution in [2.75, 3.05) is 13.1 Å². The number of carbonyl (C=O) groups excluding carboxylic acids is 1. The highest BCUT2D eigenvalue weighted by atomic mass is 19.1. The van der Waals surface area contributed by atoms with Crippen molar-refractivity contribution in [3.8, 4) is 0 Å². The smallest absolute Gasteiger partial charge is 0.228 e. The molecule has 0 aromatic carbocycles. The van der Waals surface area contributed by atoms with E-state index in [4.69, 9.17) is 0 Å². The molecule has 5 atom stereocenters. The minimum absolute atomic E-state index is 0.0467. The summed E-state index contributed by atoms with van der Waals surface area (Å²) in [6, 6.07) is 2.21. The van der Waals surface area contributed by atoms with Gasteiger partial charge >= 0.3 is 0 Å². The molecule has 1 amide bonds. The van der Waals surface area contributed by atoms with E-state index in [0.717, 1.165) is 31.4 Å². The van der Waals surface area contributed by atoms with Crippen molar-refractivity contribution in [3.05, 3.63) is 29.8 Å². The van der Waals surface area contributed by atoms with E-state index >= 15 is 0 Å². The number of hydrogen-bond donors (Lipinski definition) is 2. The van der Waals surface area contributed by atoms with E-state index in [2.05, 4.69) is 15.8 Å². The van der Waals surface area contributed by atoms with Gasteiger partial charge in [0.15, 0.2) is 0 Å². The van der Waals surface area contributed by atoms with E-state index in [1.165, 1.54) is 6.20 Å². The lowest BCUT2D eigenvalue weighted by atomic mass is 9.67. The number of hydrazine groups is 1. The number of amides is 1. The van der Waals surface area contributed by atoms with Gasteiger partial charge in [-0.2, -0.15) is 0 Å². The Hall–Kier alpha value is -1.53. The molecule has 23 heavy (non-hydrogen) atoms. The molecule has 5 unspecified atom stereocenters. The summed E-state index contributed by atoms with van der Waals surface area (Å²) in [6.07, 6.45) is 5.79. The quantitative estimate of drug-likeness (QED) is 0.866. The van der Waals surface area contributed by atoms with Crippen LogP contribution in [-0.2, 0) is 4.79 Å². The molecule has 3 fully saturated rings. The molecule has 3 heterocycles. The number of fused-ring (bicyclic) bond motifs is 3. The molecule has 0 bridgehead atoms. The average Bonchev–Trinajstić information content (AvgIpc) is 3.05. The lowest BCUT2D eigenvalue weighted by Gasteiger charge is -2.50. The van der Waals surface area contributed by atoms with Crippen molar-refractivity contribution in [2.45, 2.75) is 44.2 Å². The first-order valence-electron chi connectivity index (χ1n) is 8.59. The first kappa shape index (κ1) is 15.0. The normalized spacial score (nSPS) is 36.7. The Morgan fingerprint density at radius 1 is 1.43 bits per heavy atom. The Balaban J connectivity index is 1.62. The fourth-order valence-electron chi connectivity index (χ4n) is 4.87. The molecule has 2 saturated heterocycles. The molecule has 4 rings (SSSR count). The molecular formula is C17H23FN4O. The summed E-state index contributed by atoms with van der Waals surface area (Å²) in [5.74, 6) is 0.693. The summed E-state index contributed by atoms with van der Waals surface area (Å²) < 4.78 is 14.1. The lowest BCUT2D eigenvalue weighted by molar-refractivity contribution is -0.146. The molecule has 6 heteroatoms. The highest BCUT2D eigenvalue weighted by Crippen LogP contribution is 2.44. The van der Waals surface area contributed by atoms with Gasteiger partial charge in [-0.25, -0.2) is 4.39 Å². The van der Waals surface area contributed by atoms with Gasteiger partial charge in [-0.3, -0.25) is 20.6 Å². The molecule has 3 aliphatic rings. The van der Waals surface area contributed by atoms with Gasteiger partial charge in [0.05, 0.1) is 12.1 Å². The zero-order valence-corrected chi connectivity index (χ0v) is 13.3. The molecule has 1 aliphatic carbocycles. The first-order chi connectivity index (χ1) is 11.2. The first-order valence-corrected chi connectivity index (χ1v) is 8.59. The van der Waals surface area contributed by atoms with Crippen molar-refractivity contribution in [3.63, 3.8) is 0 Å². The molecule has 1 aromatic heterocycles. The number of pyridine rings is 1. The van der Waals surface area contributed by atoms with Crippen LogP contribution in [-0.4, -0.2) is 41.0 Å². The van der Waals surface area contributed by atoms with Gasteiger partial charge in [0.1, 0.15) is 5.82 Å². The second-order valence-corrected chi connectivity index (χ2v) is 6.92. The van der Waals surface area contributed by atoms with Crippen molar-refractivity contribution in [1.29, 1.82) is 0 Å². The second kappa shape index (κ2) is 5.83. The Labute approximate surface area is 135 Å². The molecule has 5 nitrogen and oxygen atoms in total. The topological polar surface area (TPSA) is 57.3 Å². The minimum Gasteiger partial charge on any atom is -0.339 e. The Bertz CT molecular complexity index is 610. The highest BCUT2D eigenvalue weighted by molar-refractivity contribution is 5.81. The van der Waals surface area contributed by atoms with E-state index in [0.29, 0.717) is 12.5 Å². The van der Waals surface area contributed by atoms with Gasteiger partial charge < -0.3 is 4.90 Å². The highest BCUT2D eigenvalue weighted by Gasteiger charge is 2.51. The molecule has 2 aliphatic heterocycles. The number of carbonyl (C=O) groups is 1. The summed E-state index contributed by atoms with van der Waals surface area (Å²) in [5.41, 5.74) is 7.23. The molecule has 2 N–H and O–H groups in total. The maximum atomic E-state index is 14.1. The molecular weight excluding hydrogens is 295 g/mol. The third-order valence-electron chi connectivity index (χ3n) is 5.94. The van der Waals surface area contributed by atoms with E-state index in [-0.39, 0.29) is 35.6 Å². The third kappa shape index (κ3) is 2.35. The Morgan fingerprint density at radius 2 is 2.30 bits per heavy atom. The maximum absolute atomic E-state index is 14.1. The third-order valence-corrected chi connectivity index (χ3v) is 5.94. The zero-order valence-electron chi connectivity index (χ0n) is 13.3. The van der Waals surface area contributed by atoms with Crippen LogP contribution in [0.5, 0.6) is 0 Å². The summed E-state index contributed by atoms with van der Waals surface area (Å²) in [6.45, 7) is 3.49. The maximum Gasteiger partial charge on any atom is 0.228 e. The van der Waals surface area contributed by atoms with Crippen molar-refractivity contribution in [2.24, 2.45) is 11.8 Å². The van der Waals surface area contributed by atoms with Crippen LogP contribution >= 0.6 is 0 Å². The number of hydrogen-bond acceptors (Lipinski definition) is 4. The monoisotopic (exact) mass is 318 g/mol. The fraction of sp³-hybridized carbons (Fsp3) is 0.647. The average molecular weight is 318 g/mol. The number of halogens is 1. The van der Waals surface area contributed by atoms with Gasteiger partial charge in [-0.05, 0) is 49.7 Å². The summed E-state index contributed by atoms with van der Waals surface area (Å²) in [4.78, 5) is 18.6. The van der Waals surface area contributed by atoms with Crippen LogP contribution in [0.4, 0.5) is 4.39 Å². The van der Waals surface area contributed by atoms with Crippen LogP contribution in [0, 0.1) is 17.7 Å². The number of likely N-dealkylation sites (tertiary alicyclic amines) is 1. The molecule has 1 aromatic rings. The van der Waals surface area contributed by atoms with Crippen LogP contribution in [0.1, 0.15) is 37.7 Å². The summed E-state index contributed by atoms with van der Waals surface area (Å²) >= 11 is 0. The minimum atomic E-state index is -0.223. The Morgan fingerprint density at radius 3 is 3.09 bits per heavy atom.